The lowest BCUT2D eigenvalue weighted by molar-refractivity contribution is -0.136. The van der Waals surface area contributed by atoms with E-state index in [1.807, 2.05) is 67.1 Å². The number of likely N-dealkylation sites (N-methyl/N-ethyl adjacent to an activating group) is 1. The molecule has 238 valence electrons. The Hall–Kier alpha value is -4.35. The zero-order chi connectivity index (χ0) is 32.5. The van der Waals surface area contributed by atoms with Gasteiger partial charge in [-0.25, -0.2) is 4.79 Å². The second-order valence-electron chi connectivity index (χ2n) is 11.6. The summed E-state index contributed by atoms with van der Waals surface area (Å²) in [5.74, 6) is -0.577. The van der Waals surface area contributed by atoms with Crippen LogP contribution in [0.15, 0.2) is 72.8 Å². The lowest BCUT2D eigenvalue weighted by atomic mass is 9.96. The fourth-order valence-electron chi connectivity index (χ4n) is 5.93. The number of para-hydroxylation sites is 2. The van der Waals surface area contributed by atoms with Crippen molar-refractivity contribution in [2.24, 2.45) is 13.0 Å². The molecule has 4 aromatic rings. The number of hydrogen-bond acceptors (Lipinski definition) is 4. The molecule has 1 aromatic heterocycles. The highest BCUT2D eigenvalue weighted by molar-refractivity contribution is 6.10. The first-order valence-electron chi connectivity index (χ1n) is 14.8. The first kappa shape index (κ1) is 32.1. The first-order valence-corrected chi connectivity index (χ1v) is 14.8. The van der Waals surface area contributed by atoms with E-state index in [4.69, 9.17) is 4.74 Å². The van der Waals surface area contributed by atoms with Crippen LogP contribution in [0.5, 0.6) is 0 Å². The number of carbonyl (C=O) groups excluding carboxylic acids is 2. The monoisotopic (exact) mass is 622 g/mol. The molecule has 1 aliphatic rings. The predicted molar refractivity (Wildman–Crippen MR) is 167 cm³/mol. The number of rotatable bonds is 5. The molecule has 0 radical (unpaired) electrons. The van der Waals surface area contributed by atoms with Crippen LogP contribution in [-0.2, 0) is 24.6 Å². The predicted octanol–water partition coefficient (Wildman–Crippen LogP) is 6.39. The van der Waals surface area contributed by atoms with Crippen molar-refractivity contribution in [3.05, 3.63) is 89.6 Å². The van der Waals surface area contributed by atoms with E-state index in [9.17, 15) is 27.9 Å². The number of aliphatic hydroxyl groups is 1. The molecule has 8 nitrogen and oxygen atoms in total. The number of amides is 3. The summed E-state index contributed by atoms with van der Waals surface area (Å²) in [6.07, 6.45) is -5.24. The van der Waals surface area contributed by atoms with Gasteiger partial charge in [-0.1, -0.05) is 61.5 Å². The van der Waals surface area contributed by atoms with Gasteiger partial charge in [0.05, 0.1) is 36.6 Å². The SMILES string of the molecule is C[C@@H]1CN([C@H](C)CO)C(=O)c2c(c3ccccc3n2C)-c2ccccc2CO[C@H]1CN(C)C(=O)Nc1ccccc1C(F)(F)F. The highest BCUT2D eigenvalue weighted by Crippen LogP contribution is 2.39. The third kappa shape index (κ3) is 6.41. The number of aryl methyl sites for hydroxylation is 1. The van der Waals surface area contributed by atoms with Gasteiger partial charge in [-0.05, 0) is 36.2 Å². The summed E-state index contributed by atoms with van der Waals surface area (Å²) in [5, 5.41) is 13.5. The lowest BCUT2D eigenvalue weighted by Gasteiger charge is -2.35. The van der Waals surface area contributed by atoms with E-state index in [0.29, 0.717) is 5.69 Å². The minimum Gasteiger partial charge on any atom is -0.394 e. The number of nitrogens with one attached hydrogen (secondary N) is 1. The van der Waals surface area contributed by atoms with Crippen molar-refractivity contribution in [2.45, 2.75) is 38.8 Å². The molecule has 45 heavy (non-hydrogen) atoms. The number of ether oxygens (including phenoxy) is 1. The molecular formula is C34H37F3N4O4. The molecule has 11 heteroatoms. The molecule has 0 saturated carbocycles. The van der Waals surface area contributed by atoms with E-state index in [2.05, 4.69) is 5.32 Å². The van der Waals surface area contributed by atoms with Crippen LogP contribution in [-0.4, -0.2) is 70.3 Å². The number of alkyl halides is 3. The number of aliphatic hydroxyl groups excluding tert-OH is 1. The van der Waals surface area contributed by atoms with Crippen LogP contribution in [0.4, 0.5) is 23.7 Å². The quantitative estimate of drug-likeness (QED) is 0.270. The van der Waals surface area contributed by atoms with E-state index < -0.39 is 29.9 Å². The van der Waals surface area contributed by atoms with Crippen LogP contribution in [0.25, 0.3) is 22.0 Å². The van der Waals surface area contributed by atoms with Crippen LogP contribution in [0.3, 0.4) is 0 Å². The molecule has 1 aliphatic heterocycles. The standard InChI is InChI=1S/C34H37F3N4O4/c1-21-17-41(22(2)19-42)32(43)31-30(25-13-7-10-16-28(25)40(31)4)24-12-6-5-11-23(24)20-45-29(21)18-39(3)33(44)38-27-15-9-8-14-26(27)34(35,36)37/h5-16,21-22,29,42H,17-20H2,1-4H3,(H,38,44)/t21-,22-,29+/m1/s1. The van der Waals surface area contributed by atoms with Gasteiger partial charge in [-0.2, -0.15) is 13.2 Å². The Labute approximate surface area is 260 Å². The van der Waals surface area contributed by atoms with Gasteiger partial charge >= 0.3 is 12.2 Å². The summed E-state index contributed by atoms with van der Waals surface area (Å²) in [5.41, 5.74) is 2.55. The summed E-state index contributed by atoms with van der Waals surface area (Å²) in [4.78, 5) is 30.5. The number of fused-ring (bicyclic) bond motifs is 5. The van der Waals surface area contributed by atoms with Gasteiger partial charge in [0.2, 0.25) is 0 Å². The fraction of sp³-hybridized carbons (Fsp3) is 0.353. The maximum absolute atomic E-state index is 14.5. The average Bonchev–Trinajstić information content (AvgIpc) is 3.31. The third-order valence-electron chi connectivity index (χ3n) is 8.50. The maximum Gasteiger partial charge on any atom is 0.418 e. The third-order valence-corrected chi connectivity index (χ3v) is 8.50. The van der Waals surface area contributed by atoms with Gasteiger partial charge in [0.25, 0.3) is 5.91 Å². The molecule has 3 aromatic carbocycles. The van der Waals surface area contributed by atoms with Gasteiger partial charge in [-0.3, -0.25) is 4.79 Å². The molecule has 0 aliphatic carbocycles. The summed E-state index contributed by atoms with van der Waals surface area (Å²) in [7, 11) is 3.35. The fourth-order valence-corrected chi connectivity index (χ4v) is 5.93. The van der Waals surface area contributed by atoms with Crippen LogP contribution in [0.1, 0.15) is 35.5 Å². The molecule has 0 fully saturated rings. The largest absolute Gasteiger partial charge is 0.418 e. The van der Waals surface area contributed by atoms with Crippen molar-refractivity contribution >= 4 is 28.5 Å². The van der Waals surface area contributed by atoms with Crippen LogP contribution < -0.4 is 5.32 Å². The van der Waals surface area contributed by atoms with Crippen molar-refractivity contribution in [3.8, 4) is 11.1 Å². The minimum absolute atomic E-state index is 0.0365. The highest BCUT2D eigenvalue weighted by Gasteiger charge is 2.36. The van der Waals surface area contributed by atoms with Gasteiger partial charge in [0.15, 0.2) is 0 Å². The van der Waals surface area contributed by atoms with E-state index >= 15 is 0 Å². The van der Waals surface area contributed by atoms with Crippen molar-refractivity contribution in [3.63, 3.8) is 0 Å². The second kappa shape index (κ2) is 12.9. The molecule has 2 heterocycles. The van der Waals surface area contributed by atoms with Gasteiger partial charge in [0, 0.05) is 49.6 Å². The Morgan fingerprint density at radius 1 is 1.09 bits per heavy atom. The Morgan fingerprint density at radius 3 is 2.49 bits per heavy atom. The van der Waals surface area contributed by atoms with E-state index in [0.717, 1.165) is 33.7 Å². The Balaban J connectivity index is 1.51. The number of urea groups is 1. The molecule has 0 unspecified atom stereocenters. The Morgan fingerprint density at radius 2 is 1.76 bits per heavy atom. The Kier molecular flexibility index (Phi) is 9.22. The summed E-state index contributed by atoms with van der Waals surface area (Å²) >= 11 is 0. The Bertz CT molecular complexity index is 1700. The van der Waals surface area contributed by atoms with Crippen molar-refractivity contribution in [1.29, 1.82) is 0 Å². The van der Waals surface area contributed by atoms with Crippen molar-refractivity contribution < 1.29 is 32.6 Å². The molecule has 3 atom stereocenters. The number of hydrogen-bond donors (Lipinski definition) is 2. The van der Waals surface area contributed by atoms with Gasteiger partial charge in [0.1, 0.15) is 5.69 Å². The number of halogens is 3. The van der Waals surface area contributed by atoms with Gasteiger partial charge in [-0.15, -0.1) is 0 Å². The zero-order valence-corrected chi connectivity index (χ0v) is 25.6. The number of aromatic nitrogens is 1. The maximum atomic E-state index is 14.5. The van der Waals surface area contributed by atoms with E-state index in [1.54, 1.807) is 11.8 Å². The van der Waals surface area contributed by atoms with E-state index in [1.165, 1.54) is 30.1 Å². The molecule has 5 rings (SSSR count). The second-order valence-corrected chi connectivity index (χ2v) is 11.6. The van der Waals surface area contributed by atoms with Gasteiger partial charge < -0.3 is 29.5 Å². The summed E-state index contributed by atoms with van der Waals surface area (Å²) < 4.78 is 49.0. The molecule has 0 bridgehead atoms. The zero-order valence-electron chi connectivity index (χ0n) is 25.6. The summed E-state index contributed by atoms with van der Waals surface area (Å²) in [6.45, 7) is 3.81. The smallest absolute Gasteiger partial charge is 0.394 e. The lowest BCUT2D eigenvalue weighted by Crippen LogP contribution is -2.48. The van der Waals surface area contributed by atoms with Crippen molar-refractivity contribution in [2.75, 3.05) is 32.1 Å². The average molecular weight is 623 g/mol. The van der Waals surface area contributed by atoms with E-state index in [-0.39, 0.29) is 43.8 Å². The molecule has 0 saturated heterocycles. The highest BCUT2D eigenvalue weighted by atomic mass is 19.4. The number of nitrogens with zero attached hydrogens (tertiary/aromatic N) is 3. The molecule has 0 spiro atoms. The molecule has 2 N–H and O–H groups in total. The topological polar surface area (TPSA) is 87.0 Å². The number of benzene rings is 3. The molecular weight excluding hydrogens is 585 g/mol. The minimum atomic E-state index is -4.63. The number of carbonyl (C=O) groups is 2. The van der Waals surface area contributed by atoms with Crippen LogP contribution in [0, 0.1) is 5.92 Å². The normalized spacial score (nSPS) is 18.1. The first-order chi connectivity index (χ1) is 21.4. The van der Waals surface area contributed by atoms with Crippen LogP contribution in [0.2, 0.25) is 0 Å². The van der Waals surface area contributed by atoms with Crippen LogP contribution >= 0.6 is 0 Å². The molecule has 3 amide bonds. The van der Waals surface area contributed by atoms with Crippen molar-refractivity contribution in [1.82, 2.24) is 14.4 Å². The summed E-state index contributed by atoms with van der Waals surface area (Å²) in [6, 6.07) is 19.0. The number of anilines is 1.